The number of carbonyl (C=O) groups excluding carboxylic acids is 1. The number of carbonyl (C=O) groups is 1. The molecule has 1 aliphatic heterocycles. The van der Waals surface area contributed by atoms with Crippen molar-refractivity contribution in [3.8, 4) is 5.88 Å². The molecule has 2 aromatic rings. The summed E-state index contributed by atoms with van der Waals surface area (Å²) in [4.78, 5) is 18.3. The normalized spacial score (nSPS) is 19.9. The minimum atomic E-state index is -6.22. The van der Waals surface area contributed by atoms with Gasteiger partial charge in [0.25, 0.3) is 5.88 Å². The Labute approximate surface area is 247 Å². The number of allylic oxidation sites excluding steroid dienone is 3. The monoisotopic (exact) mass is 654 g/mol. The molecule has 0 radical (unpaired) electrons. The molecule has 2 aromatic heterocycles. The highest BCUT2D eigenvalue weighted by Crippen LogP contribution is 2.39. The van der Waals surface area contributed by atoms with Crippen molar-refractivity contribution >= 4 is 50.4 Å². The zero-order valence-electron chi connectivity index (χ0n) is 23.6. The van der Waals surface area contributed by atoms with Crippen LogP contribution in [0.15, 0.2) is 40.5 Å². The molecule has 0 bridgehead atoms. The molecule has 1 saturated heterocycles. The lowest BCUT2D eigenvalue weighted by atomic mass is 10.0. The third-order valence-corrected chi connectivity index (χ3v) is 7.95. The third kappa shape index (κ3) is 7.49. The summed E-state index contributed by atoms with van der Waals surface area (Å²) in [6.07, 6.45) is 1.39. The Morgan fingerprint density at radius 1 is 1.28 bits per heavy atom. The van der Waals surface area contributed by atoms with Gasteiger partial charge in [-0.2, -0.15) is 26.7 Å². The van der Waals surface area contributed by atoms with Gasteiger partial charge < -0.3 is 8.92 Å². The Hall–Kier alpha value is -3.60. The number of halogens is 6. The number of piperazine rings is 1. The van der Waals surface area contributed by atoms with Crippen molar-refractivity contribution in [2.45, 2.75) is 64.2 Å². The van der Waals surface area contributed by atoms with Crippen LogP contribution >= 0.6 is 11.3 Å². The van der Waals surface area contributed by atoms with Gasteiger partial charge in [-0.15, -0.1) is 11.3 Å². The van der Waals surface area contributed by atoms with Gasteiger partial charge >= 0.3 is 21.7 Å². The summed E-state index contributed by atoms with van der Waals surface area (Å²) in [6, 6.07) is -1.12. The fourth-order valence-electron chi connectivity index (χ4n) is 4.34. The maximum atomic E-state index is 15.0. The number of hydrazone groups is 1. The second kappa shape index (κ2) is 12.6. The third-order valence-electron chi connectivity index (χ3n) is 6.07. The molecule has 9 nitrogen and oxygen atoms in total. The molecule has 0 N–H and O–H groups in total. The molecular formula is C26H28F6N4O5S2. The highest BCUT2D eigenvalue weighted by atomic mass is 32.2. The molecule has 0 saturated carbocycles. The first kappa shape index (κ1) is 33.9. The Kier molecular flexibility index (Phi) is 9.90. The van der Waals surface area contributed by atoms with E-state index in [0.717, 1.165) is 5.38 Å². The number of hydrogen-bond acceptors (Lipinski definition) is 9. The molecular weight excluding hydrogens is 626 g/mol. The molecule has 0 spiro atoms. The summed E-state index contributed by atoms with van der Waals surface area (Å²) in [5.41, 5.74) is -6.94. The number of fused-ring (bicyclic) bond motifs is 1. The van der Waals surface area contributed by atoms with Crippen LogP contribution in [0.4, 0.5) is 31.1 Å². The largest absolute Gasteiger partial charge is 0.534 e. The van der Waals surface area contributed by atoms with Gasteiger partial charge in [-0.1, -0.05) is 6.08 Å². The van der Waals surface area contributed by atoms with Crippen LogP contribution < -0.4 is 4.18 Å². The quantitative estimate of drug-likeness (QED) is 0.106. The standard InChI is InChI=1S/C26H28F6N4O5S2/c1-14-12-35(33-6)20(15(2)36(14)24(37)40-25(3,4)5)8-7-19-17(11-16(28)9-10-27)21-18(29)13-42-22(21)23(34-19)41-43(38,39)26(30,31)32/h8-11,13-15H,6-7,12H2,1-5H3/b10-9+,16-11?,20-8-. The van der Waals surface area contributed by atoms with Crippen molar-refractivity contribution in [3.63, 3.8) is 0 Å². The molecule has 17 heteroatoms. The van der Waals surface area contributed by atoms with Crippen LogP contribution in [0.1, 0.15) is 45.9 Å². The molecule has 1 amide bonds. The molecule has 2 atom stereocenters. The average molecular weight is 655 g/mol. The number of ether oxygens (including phenoxy) is 1. The van der Waals surface area contributed by atoms with Gasteiger partial charge in [-0.05, 0) is 40.7 Å². The van der Waals surface area contributed by atoms with Crippen LogP contribution in [0.25, 0.3) is 16.2 Å². The van der Waals surface area contributed by atoms with Crippen molar-refractivity contribution in [2.24, 2.45) is 5.10 Å². The highest BCUT2D eigenvalue weighted by molar-refractivity contribution is 7.88. The maximum Gasteiger partial charge on any atom is 0.534 e. The van der Waals surface area contributed by atoms with E-state index in [9.17, 15) is 39.6 Å². The van der Waals surface area contributed by atoms with E-state index >= 15 is 0 Å². The van der Waals surface area contributed by atoms with E-state index in [1.165, 1.54) is 16.0 Å². The number of thiophene rings is 1. The van der Waals surface area contributed by atoms with Crippen molar-refractivity contribution in [2.75, 3.05) is 6.54 Å². The molecule has 0 aliphatic carbocycles. The van der Waals surface area contributed by atoms with Crippen molar-refractivity contribution < 1.29 is 48.5 Å². The summed E-state index contributed by atoms with van der Waals surface area (Å²) < 4.78 is 114. The lowest BCUT2D eigenvalue weighted by Gasteiger charge is -2.44. The Morgan fingerprint density at radius 3 is 2.49 bits per heavy atom. The molecule has 1 aliphatic rings. The Bertz CT molecular complexity index is 1600. The van der Waals surface area contributed by atoms with Gasteiger partial charge in [0, 0.05) is 35.5 Å². The second-order valence-corrected chi connectivity index (χ2v) is 12.8. The predicted molar refractivity (Wildman–Crippen MR) is 150 cm³/mol. The highest BCUT2D eigenvalue weighted by Gasteiger charge is 2.49. The van der Waals surface area contributed by atoms with Crippen LogP contribution in [0, 0.1) is 5.82 Å². The minimum absolute atomic E-state index is 0.126. The zero-order valence-corrected chi connectivity index (χ0v) is 25.2. The summed E-state index contributed by atoms with van der Waals surface area (Å²) in [5.74, 6) is -3.33. The van der Waals surface area contributed by atoms with E-state index in [-0.39, 0.29) is 30.6 Å². The van der Waals surface area contributed by atoms with Gasteiger partial charge in [0.05, 0.1) is 36.3 Å². The lowest BCUT2D eigenvalue weighted by Crippen LogP contribution is -2.57. The van der Waals surface area contributed by atoms with E-state index in [1.807, 2.05) is 0 Å². The molecule has 0 aromatic carbocycles. The van der Waals surface area contributed by atoms with Gasteiger partial charge in [0.1, 0.15) is 21.9 Å². The molecule has 3 heterocycles. The van der Waals surface area contributed by atoms with Crippen molar-refractivity contribution in [1.82, 2.24) is 14.9 Å². The summed E-state index contributed by atoms with van der Waals surface area (Å²) in [7, 11) is -6.22. The smallest absolute Gasteiger partial charge is 0.444 e. The van der Waals surface area contributed by atoms with Crippen LogP contribution in [0.2, 0.25) is 0 Å². The number of alkyl halides is 3. The molecule has 236 valence electrons. The first-order chi connectivity index (χ1) is 19.8. The second-order valence-electron chi connectivity index (χ2n) is 10.3. The van der Waals surface area contributed by atoms with E-state index in [0.29, 0.717) is 29.2 Å². The summed E-state index contributed by atoms with van der Waals surface area (Å²) >= 11 is 0.471. The van der Waals surface area contributed by atoms with E-state index in [2.05, 4.69) is 21.0 Å². The van der Waals surface area contributed by atoms with Crippen LogP contribution in [-0.2, 0) is 21.3 Å². The van der Waals surface area contributed by atoms with Gasteiger partial charge in [-0.3, -0.25) is 9.91 Å². The zero-order chi connectivity index (χ0) is 32.5. The van der Waals surface area contributed by atoms with Crippen molar-refractivity contribution in [3.05, 3.63) is 52.5 Å². The van der Waals surface area contributed by atoms with Gasteiger partial charge in [0.2, 0.25) is 0 Å². The van der Waals surface area contributed by atoms with Gasteiger partial charge in [-0.25, -0.2) is 22.9 Å². The van der Waals surface area contributed by atoms with Crippen LogP contribution in [0.5, 0.6) is 5.88 Å². The molecule has 1 fully saturated rings. The average Bonchev–Trinajstić information content (AvgIpc) is 3.25. The van der Waals surface area contributed by atoms with Gasteiger partial charge in [0.15, 0.2) is 0 Å². The minimum Gasteiger partial charge on any atom is -0.444 e. The predicted octanol–water partition coefficient (Wildman–Crippen LogP) is 6.83. The SMILES string of the molecule is C=NN1CC(C)N(C(=O)OC(C)(C)C)C(C)/C1=C/Cc1nc(OS(=O)(=O)C(F)(F)F)c2scc(F)c2c1C=C(F)/C=C/F. The summed E-state index contributed by atoms with van der Waals surface area (Å²) in [5, 5.41) is 5.76. The first-order valence-corrected chi connectivity index (χ1v) is 14.8. The Morgan fingerprint density at radius 2 is 1.93 bits per heavy atom. The summed E-state index contributed by atoms with van der Waals surface area (Å²) in [6.45, 7) is 12.2. The molecule has 43 heavy (non-hydrogen) atoms. The van der Waals surface area contributed by atoms with E-state index < -0.39 is 67.0 Å². The molecule has 3 rings (SSSR count). The van der Waals surface area contributed by atoms with Crippen LogP contribution in [-0.4, -0.2) is 65.9 Å². The van der Waals surface area contributed by atoms with Crippen molar-refractivity contribution in [1.29, 1.82) is 0 Å². The number of aromatic nitrogens is 1. The number of pyridine rings is 1. The fourth-order valence-corrected chi connectivity index (χ4v) is 5.67. The number of amides is 1. The first-order valence-electron chi connectivity index (χ1n) is 12.5. The lowest BCUT2D eigenvalue weighted by molar-refractivity contribution is -0.0501. The fraction of sp³-hybridized carbons (Fsp3) is 0.423. The number of rotatable bonds is 7. The number of hydrogen-bond donors (Lipinski definition) is 0. The maximum absolute atomic E-state index is 15.0. The van der Waals surface area contributed by atoms with E-state index in [1.54, 1.807) is 34.6 Å². The topological polar surface area (TPSA) is 101 Å². The van der Waals surface area contributed by atoms with E-state index in [4.69, 9.17) is 4.74 Å². The number of nitrogens with zero attached hydrogens (tertiary/aromatic N) is 4. The van der Waals surface area contributed by atoms with Crippen LogP contribution in [0.3, 0.4) is 0 Å². The molecule has 2 unspecified atom stereocenters. The Balaban J connectivity index is 2.21.